The smallest absolute Gasteiger partial charge is 0.287 e. The van der Waals surface area contributed by atoms with Crippen LogP contribution in [0, 0.1) is 10.1 Å². The third-order valence-corrected chi connectivity index (χ3v) is 4.47. The number of nitro groups is 1. The van der Waals surface area contributed by atoms with Crippen molar-refractivity contribution < 1.29 is 4.92 Å². The van der Waals surface area contributed by atoms with Crippen LogP contribution >= 0.6 is 0 Å². The Labute approximate surface area is 136 Å². The molecule has 1 aliphatic heterocycles. The van der Waals surface area contributed by atoms with Crippen LogP contribution < -0.4 is 4.90 Å². The number of anilines is 1. The maximum atomic E-state index is 10.8. The van der Waals surface area contributed by atoms with Gasteiger partial charge in [0.05, 0.1) is 4.92 Å². The Balaban J connectivity index is 1.69. The van der Waals surface area contributed by atoms with E-state index in [2.05, 4.69) is 34.1 Å². The van der Waals surface area contributed by atoms with E-state index in [9.17, 15) is 10.1 Å². The predicted octanol–water partition coefficient (Wildman–Crippen LogP) is 3.98. The molecule has 0 saturated carbocycles. The van der Waals surface area contributed by atoms with Crippen LogP contribution in [0.2, 0.25) is 0 Å². The molecule has 0 radical (unpaired) electrons. The van der Waals surface area contributed by atoms with Crippen LogP contribution in [0.4, 0.5) is 11.5 Å². The van der Waals surface area contributed by atoms with Crippen molar-refractivity contribution in [3.8, 4) is 0 Å². The van der Waals surface area contributed by atoms with E-state index in [-0.39, 0.29) is 5.69 Å². The van der Waals surface area contributed by atoms with Crippen LogP contribution in [0.1, 0.15) is 31.2 Å². The van der Waals surface area contributed by atoms with Crippen LogP contribution in [0.15, 0.2) is 48.7 Å². The number of benzene rings is 1. The largest absolute Gasteiger partial charge is 0.354 e. The molecule has 2 aromatic rings. The molecule has 23 heavy (non-hydrogen) atoms. The summed E-state index contributed by atoms with van der Waals surface area (Å²) in [6.07, 6.45) is 7.05. The van der Waals surface area contributed by atoms with Crippen molar-refractivity contribution in [3.63, 3.8) is 0 Å². The molecule has 1 aromatic heterocycles. The highest BCUT2D eigenvalue weighted by Gasteiger charge is 2.23. The van der Waals surface area contributed by atoms with Crippen LogP contribution in [0.5, 0.6) is 0 Å². The Morgan fingerprint density at radius 2 is 2.00 bits per heavy atom. The number of pyridine rings is 1. The average molecular weight is 311 g/mol. The molecule has 120 valence electrons. The third-order valence-electron chi connectivity index (χ3n) is 4.47. The highest BCUT2D eigenvalue weighted by Crippen LogP contribution is 2.27. The normalized spacial score (nSPS) is 17.9. The van der Waals surface area contributed by atoms with Gasteiger partial charge in [-0.1, -0.05) is 30.3 Å². The lowest BCUT2D eigenvalue weighted by Crippen LogP contribution is -2.40. The fourth-order valence-electron chi connectivity index (χ4n) is 3.24. The molecule has 0 spiro atoms. The Morgan fingerprint density at radius 3 is 2.70 bits per heavy atom. The van der Waals surface area contributed by atoms with Crippen molar-refractivity contribution in [3.05, 3.63) is 64.3 Å². The van der Waals surface area contributed by atoms with Gasteiger partial charge in [0.2, 0.25) is 0 Å². The summed E-state index contributed by atoms with van der Waals surface area (Å²) in [5.41, 5.74) is 1.40. The maximum Gasteiger partial charge on any atom is 0.287 e. The second-order valence-corrected chi connectivity index (χ2v) is 6.00. The molecule has 1 saturated heterocycles. The van der Waals surface area contributed by atoms with Gasteiger partial charge in [-0.05, 0) is 43.7 Å². The minimum Gasteiger partial charge on any atom is -0.354 e. The van der Waals surface area contributed by atoms with Crippen LogP contribution in [0.25, 0.3) is 0 Å². The summed E-state index contributed by atoms with van der Waals surface area (Å²) in [7, 11) is 0. The number of aryl methyl sites for hydroxylation is 1. The number of hydrogen-bond acceptors (Lipinski definition) is 4. The van der Waals surface area contributed by atoms with Crippen LogP contribution in [-0.2, 0) is 6.42 Å². The molecular weight excluding hydrogens is 290 g/mol. The molecular formula is C18H21N3O2. The molecule has 5 heteroatoms. The molecule has 2 heterocycles. The van der Waals surface area contributed by atoms with Crippen molar-refractivity contribution in [2.75, 3.05) is 11.4 Å². The molecule has 5 nitrogen and oxygen atoms in total. The van der Waals surface area contributed by atoms with E-state index < -0.39 is 4.92 Å². The number of aromatic nitrogens is 1. The summed E-state index contributed by atoms with van der Waals surface area (Å²) in [5, 5.41) is 10.8. The van der Waals surface area contributed by atoms with Crippen molar-refractivity contribution in [1.29, 1.82) is 0 Å². The Bertz CT molecular complexity index is 643. The number of piperidine rings is 1. The van der Waals surface area contributed by atoms with Crippen molar-refractivity contribution in [2.45, 2.75) is 38.1 Å². The fourth-order valence-corrected chi connectivity index (χ4v) is 3.24. The minimum atomic E-state index is -0.403. The number of nitrogens with zero attached hydrogens (tertiary/aromatic N) is 3. The van der Waals surface area contributed by atoms with E-state index in [1.54, 1.807) is 12.1 Å². The highest BCUT2D eigenvalue weighted by atomic mass is 16.6. The fraction of sp³-hybridized carbons (Fsp3) is 0.389. The van der Waals surface area contributed by atoms with Gasteiger partial charge in [0.15, 0.2) is 0 Å². The second-order valence-electron chi connectivity index (χ2n) is 6.00. The van der Waals surface area contributed by atoms with Gasteiger partial charge in [0.1, 0.15) is 12.0 Å². The summed E-state index contributed by atoms with van der Waals surface area (Å²) in [6.45, 7) is 0.976. The van der Waals surface area contributed by atoms with E-state index in [0.717, 1.165) is 38.0 Å². The van der Waals surface area contributed by atoms with Crippen molar-refractivity contribution in [1.82, 2.24) is 4.98 Å². The molecule has 0 bridgehead atoms. The van der Waals surface area contributed by atoms with Crippen LogP contribution in [-0.4, -0.2) is 22.5 Å². The molecule has 1 atom stereocenters. The first-order valence-electron chi connectivity index (χ1n) is 8.15. The monoisotopic (exact) mass is 311 g/mol. The summed E-state index contributed by atoms with van der Waals surface area (Å²) < 4.78 is 0. The zero-order valence-corrected chi connectivity index (χ0v) is 13.1. The minimum absolute atomic E-state index is 0.0478. The van der Waals surface area contributed by atoms with Gasteiger partial charge < -0.3 is 4.90 Å². The quantitative estimate of drug-likeness (QED) is 0.619. The Morgan fingerprint density at radius 1 is 1.17 bits per heavy atom. The molecule has 0 amide bonds. The van der Waals surface area contributed by atoms with Gasteiger partial charge in [0, 0.05) is 18.7 Å². The molecule has 1 unspecified atom stereocenters. The van der Waals surface area contributed by atoms with Gasteiger partial charge in [0.25, 0.3) is 5.69 Å². The molecule has 0 N–H and O–H groups in total. The van der Waals surface area contributed by atoms with E-state index in [4.69, 9.17) is 0 Å². The summed E-state index contributed by atoms with van der Waals surface area (Å²) in [6, 6.07) is 14.3. The lowest BCUT2D eigenvalue weighted by Gasteiger charge is -2.36. The first-order valence-corrected chi connectivity index (χ1v) is 8.15. The summed E-state index contributed by atoms with van der Waals surface area (Å²) in [5.74, 6) is 0.855. The Hall–Kier alpha value is -2.43. The molecule has 1 aliphatic rings. The average Bonchev–Trinajstić information content (AvgIpc) is 2.61. The number of hydrogen-bond donors (Lipinski definition) is 0. The van der Waals surface area contributed by atoms with Crippen LogP contribution in [0.3, 0.4) is 0 Å². The third kappa shape index (κ3) is 3.86. The lowest BCUT2D eigenvalue weighted by atomic mass is 9.96. The number of rotatable bonds is 5. The zero-order valence-electron chi connectivity index (χ0n) is 13.1. The first-order chi connectivity index (χ1) is 11.2. The molecule has 3 rings (SSSR count). The summed E-state index contributed by atoms with van der Waals surface area (Å²) in [4.78, 5) is 17.0. The van der Waals surface area contributed by atoms with E-state index >= 15 is 0 Å². The van der Waals surface area contributed by atoms with Gasteiger partial charge in [-0.25, -0.2) is 4.98 Å². The van der Waals surface area contributed by atoms with E-state index in [1.165, 1.54) is 18.2 Å². The van der Waals surface area contributed by atoms with Gasteiger partial charge >= 0.3 is 0 Å². The molecule has 1 aromatic carbocycles. The highest BCUT2D eigenvalue weighted by molar-refractivity contribution is 5.44. The zero-order chi connectivity index (χ0) is 16.1. The van der Waals surface area contributed by atoms with Gasteiger partial charge in [-0.15, -0.1) is 0 Å². The first kappa shape index (κ1) is 15.5. The van der Waals surface area contributed by atoms with Crippen molar-refractivity contribution in [2.24, 2.45) is 0 Å². The predicted molar refractivity (Wildman–Crippen MR) is 90.6 cm³/mol. The van der Waals surface area contributed by atoms with E-state index in [1.807, 2.05) is 6.07 Å². The molecule has 1 fully saturated rings. The van der Waals surface area contributed by atoms with Gasteiger partial charge in [-0.2, -0.15) is 0 Å². The van der Waals surface area contributed by atoms with Crippen molar-refractivity contribution >= 4 is 11.5 Å². The standard InChI is InChI=1S/C18H21N3O2/c22-21(23)17-11-12-18(19-14-17)20-13-5-4-8-16(20)10-9-15-6-2-1-3-7-15/h1-3,6-7,11-12,14,16H,4-5,8-10,13H2. The van der Waals surface area contributed by atoms with E-state index in [0.29, 0.717) is 6.04 Å². The SMILES string of the molecule is O=[N+]([O-])c1ccc(N2CCCCC2CCc2ccccc2)nc1. The lowest BCUT2D eigenvalue weighted by molar-refractivity contribution is -0.385. The summed E-state index contributed by atoms with van der Waals surface area (Å²) >= 11 is 0. The second kappa shape index (κ2) is 7.22. The van der Waals surface area contributed by atoms with Gasteiger partial charge in [-0.3, -0.25) is 10.1 Å². The maximum absolute atomic E-state index is 10.8. The topological polar surface area (TPSA) is 59.3 Å². The Kier molecular flexibility index (Phi) is 4.86. The molecule has 0 aliphatic carbocycles.